The average molecular weight is 262 g/mol. The molecule has 2 atom stereocenters. The van der Waals surface area contributed by atoms with Crippen LogP contribution in [-0.2, 0) is 11.2 Å². The number of fused-ring (bicyclic) bond motifs is 1. The summed E-state index contributed by atoms with van der Waals surface area (Å²) in [4.78, 5) is 14.6. The average Bonchev–Trinajstić information content (AvgIpc) is 2.82. The fraction of sp³-hybridized carbons (Fsp3) is 0.500. The Morgan fingerprint density at radius 3 is 3.06 bits per heavy atom. The Bertz CT molecular complexity index is 438. The highest BCUT2D eigenvalue weighted by atomic mass is 32.2. The van der Waals surface area contributed by atoms with Crippen molar-refractivity contribution in [3.63, 3.8) is 0 Å². The van der Waals surface area contributed by atoms with Gasteiger partial charge in [-0.2, -0.15) is 11.8 Å². The molecule has 1 aromatic rings. The third kappa shape index (κ3) is 2.09. The van der Waals surface area contributed by atoms with Crippen LogP contribution in [0.25, 0.3) is 0 Å². The van der Waals surface area contributed by atoms with Gasteiger partial charge in [0.15, 0.2) is 0 Å². The summed E-state index contributed by atoms with van der Waals surface area (Å²) in [5, 5.41) is 3.35. The minimum atomic E-state index is -0.0621. The van der Waals surface area contributed by atoms with Crippen molar-refractivity contribution < 1.29 is 4.79 Å². The van der Waals surface area contributed by atoms with E-state index in [1.807, 2.05) is 28.8 Å². The predicted octanol–water partition coefficient (Wildman–Crippen LogP) is 1.99. The van der Waals surface area contributed by atoms with Gasteiger partial charge in [0.2, 0.25) is 5.91 Å². The SMILES string of the molecule is CC1CSCCN1C(=O)C1Cc2ccccc2N1. The van der Waals surface area contributed by atoms with Gasteiger partial charge in [-0.05, 0) is 18.6 Å². The lowest BCUT2D eigenvalue weighted by Crippen LogP contribution is -2.50. The van der Waals surface area contributed by atoms with Crippen LogP contribution in [0.5, 0.6) is 0 Å². The molecule has 1 fully saturated rings. The van der Waals surface area contributed by atoms with Crippen molar-refractivity contribution in [2.75, 3.05) is 23.4 Å². The van der Waals surface area contributed by atoms with Gasteiger partial charge in [-0.15, -0.1) is 0 Å². The van der Waals surface area contributed by atoms with Crippen LogP contribution < -0.4 is 5.32 Å². The molecular weight excluding hydrogens is 244 g/mol. The normalized spacial score (nSPS) is 26.6. The number of benzene rings is 1. The van der Waals surface area contributed by atoms with Gasteiger partial charge in [0.1, 0.15) is 6.04 Å². The summed E-state index contributed by atoms with van der Waals surface area (Å²) in [5.74, 6) is 2.39. The van der Waals surface area contributed by atoms with Crippen molar-refractivity contribution >= 4 is 23.4 Å². The number of carbonyl (C=O) groups excluding carboxylic acids is 1. The number of nitrogens with one attached hydrogen (secondary N) is 1. The lowest BCUT2D eigenvalue weighted by molar-refractivity contribution is -0.133. The van der Waals surface area contributed by atoms with E-state index in [9.17, 15) is 4.79 Å². The van der Waals surface area contributed by atoms with Gasteiger partial charge >= 0.3 is 0 Å². The number of hydrogen-bond acceptors (Lipinski definition) is 3. The summed E-state index contributed by atoms with van der Waals surface area (Å²) in [6.07, 6.45) is 0.825. The Hall–Kier alpha value is -1.16. The fourth-order valence-corrected chi connectivity index (χ4v) is 3.72. The maximum absolute atomic E-state index is 12.5. The Balaban J connectivity index is 1.72. The van der Waals surface area contributed by atoms with Gasteiger partial charge in [0.05, 0.1) is 0 Å². The molecular formula is C14H18N2OS. The van der Waals surface area contributed by atoms with Crippen molar-refractivity contribution in [1.82, 2.24) is 4.90 Å². The van der Waals surface area contributed by atoms with E-state index in [2.05, 4.69) is 24.4 Å². The monoisotopic (exact) mass is 262 g/mol. The van der Waals surface area contributed by atoms with E-state index >= 15 is 0 Å². The van der Waals surface area contributed by atoms with Crippen LogP contribution in [0.4, 0.5) is 5.69 Å². The molecule has 18 heavy (non-hydrogen) atoms. The molecule has 2 unspecified atom stereocenters. The molecule has 1 aromatic carbocycles. The summed E-state index contributed by atoms with van der Waals surface area (Å²) in [7, 11) is 0. The molecule has 4 heteroatoms. The molecule has 2 heterocycles. The molecule has 3 rings (SSSR count). The van der Waals surface area contributed by atoms with E-state index in [1.54, 1.807) is 0 Å². The highest BCUT2D eigenvalue weighted by Gasteiger charge is 2.33. The zero-order chi connectivity index (χ0) is 12.5. The van der Waals surface area contributed by atoms with E-state index in [-0.39, 0.29) is 11.9 Å². The first-order chi connectivity index (χ1) is 8.75. The summed E-state index contributed by atoms with van der Waals surface area (Å²) in [5.41, 5.74) is 2.38. The first kappa shape index (κ1) is 11.9. The van der Waals surface area contributed by atoms with Gasteiger partial charge in [-0.1, -0.05) is 18.2 Å². The summed E-state index contributed by atoms with van der Waals surface area (Å²) in [6, 6.07) is 8.50. The maximum Gasteiger partial charge on any atom is 0.245 e. The second-order valence-corrected chi connectivity index (χ2v) is 6.16. The van der Waals surface area contributed by atoms with Crippen molar-refractivity contribution in [1.29, 1.82) is 0 Å². The molecule has 1 saturated heterocycles. The smallest absolute Gasteiger partial charge is 0.245 e. The molecule has 3 nitrogen and oxygen atoms in total. The Morgan fingerprint density at radius 2 is 2.28 bits per heavy atom. The molecule has 2 aliphatic rings. The van der Waals surface area contributed by atoms with Crippen LogP contribution in [0, 0.1) is 0 Å². The highest BCUT2D eigenvalue weighted by molar-refractivity contribution is 7.99. The van der Waals surface area contributed by atoms with Gasteiger partial charge in [-0.25, -0.2) is 0 Å². The first-order valence-electron chi connectivity index (χ1n) is 6.48. The molecule has 1 amide bonds. The number of nitrogens with zero attached hydrogens (tertiary/aromatic N) is 1. The fourth-order valence-electron chi connectivity index (χ4n) is 2.70. The number of para-hydroxylation sites is 1. The zero-order valence-corrected chi connectivity index (χ0v) is 11.4. The van der Waals surface area contributed by atoms with Crippen molar-refractivity contribution in [2.45, 2.75) is 25.4 Å². The number of amides is 1. The highest BCUT2D eigenvalue weighted by Crippen LogP contribution is 2.27. The molecule has 0 aromatic heterocycles. The van der Waals surface area contributed by atoms with Gasteiger partial charge in [0, 0.05) is 36.2 Å². The lowest BCUT2D eigenvalue weighted by atomic mass is 10.1. The third-order valence-electron chi connectivity index (χ3n) is 3.72. The van der Waals surface area contributed by atoms with Crippen LogP contribution in [0.3, 0.4) is 0 Å². The van der Waals surface area contributed by atoms with Gasteiger partial charge < -0.3 is 10.2 Å². The molecule has 2 aliphatic heterocycles. The summed E-state index contributed by atoms with van der Waals surface area (Å²) in [6.45, 7) is 3.03. The number of anilines is 1. The van der Waals surface area contributed by atoms with E-state index in [4.69, 9.17) is 0 Å². The predicted molar refractivity (Wildman–Crippen MR) is 76.1 cm³/mol. The Morgan fingerprint density at radius 1 is 1.44 bits per heavy atom. The summed E-state index contributed by atoms with van der Waals surface area (Å²) >= 11 is 1.94. The van der Waals surface area contributed by atoms with Crippen molar-refractivity contribution in [3.05, 3.63) is 29.8 Å². The van der Waals surface area contributed by atoms with Crippen molar-refractivity contribution in [3.8, 4) is 0 Å². The van der Waals surface area contributed by atoms with Gasteiger partial charge in [-0.3, -0.25) is 4.79 Å². The molecule has 1 N–H and O–H groups in total. The van der Waals surface area contributed by atoms with E-state index < -0.39 is 0 Å². The largest absolute Gasteiger partial charge is 0.373 e. The Kier molecular flexibility index (Phi) is 3.20. The third-order valence-corrected chi connectivity index (χ3v) is 4.91. The lowest BCUT2D eigenvalue weighted by Gasteiger charge is -2.34. The minimum absolute atomic E-state index is 0.0621. The van der Waals surface area contributed by atoms with Crippen LogP contribution in [0.15, 0.2) is 24.3 Å². The summed E-state index contributed by atoms with van der Waals surface area (Å²) < 4.78 is 0. The van der Waals surface area contributed by atoms with Crippen LogP contribution in [-0.4, -0.2) is 40.9 Å². The van der Waals surface area contributed by atoms with Crippen LogP contribution in [0.2, 0.25) is 0 Å². The maximum atomic E-state index is 12.5. The number of hydrogen-bond donors (Lipinski definition) is 1. The molecule has 0 bridgehead atoms. The quantitative estimate of drug-likeness (QED) is 0.840. The van der Waals surface area contributed by atoms with Crippen LogP contribution in [0.1, 0.15) is 12.5 Å². The second-order valence-electron chi connectivity index (χ2n) is 5.01. The molecule has 0 aliphatic carbocycles. The standard InChI is InChI=1S/C14H18N2OS/c1-10-9-18-7-6-16(10)14(17)13-8-11-4-2-3-5-12(11)15-13/h2-5,10,13,15H,6-9H2,1H3. The second kappa shape index (κ2) is 4.84. The minimum Gasteiger partial charge on any atom is -0.373 e. The zero-order valence-electron chi connectivity index (χ0n) is 10.6. The topological polar surface area (TPSA) is 32.3 Å². The Labute approximate surface area is 112 Å². The van der Waals surface area contributed by atoms with E-state index in [1.165, 1.54) is 5.56 Å². The molecule has 96 valence electrons. The molecule has 0 spiro atoms. The number of rotatable bonds is 1. The molecule has 0 saturated carbocycles. The first-order valence-corrected chi connectivity index (χ1v) is 7.64. The van der Waals surface area contributed by atoms with Crippen LogP contribution >= 0.6 is 11.8 Å². The van der Waals surface area contributed by atoms with Crippen molar-refractivity contribution in [2.24, 2.45) is 0 Å². The molecule has 0 radical (unpaired) electrons. The number of thioether (sulfide) groups is 1. The van der Waals surface area contributed by atoms with Gasteiger partial charge in [0.25, 0.3) is 0 Å². The number of carbonyl (C=O) groups is 1. The van der Waals surface area contributed by atoms with E-state index in [0.717, 1.165) is 30.2 Å². The van der Waals surface area contributed by atoms with E-state index in [0.29, 0.717) is 6.04 Å².